The van der Waals surface area contributed by atoms with Gasteiger partial charge < -0.3 is 10.1 Å². The SMILES string of the molecule is O=C1NC(c2cncc(C#CC3CC(F)C3)c2)CO1. The summed E-state index contributed by atoms with van der Waals surface area (Å²) < 4.78 is 17.5. The maximum atomic E-state index is 12.7. The van der Waals surface area contributed by atoms with Gasteiger partial charge in [0.1, 0.15) is 12.8 Å². The molecule has 1 saturated carbocycles. The fourth-order valence-electron chi connectivity index (χ4n) is 2.13. The molecule has 5 heteroatoms. The zero-order chi connectivity index (χ0) is 13.2. The topological polar surface area (TPSA) is 51.2 Å². The van der Waals surface area contributed by atoms with Crippen LogP contribution in [0.4, 0.5) is 9.18 Å². The van der Waals surface area contributed by atoms with Gasteiger partial charge in [-0.2, -0.15) is 0 Å². The summed E-state index contributed by atoms with van der Waals surface area (Å²) in [5.74, 6) is 6.21. The Morgan fingerprint density at radius 3 is 2.95 bits per heavy atom. The predicted octanol–water partition coefficient (Wildman–Crippen LogP) is 1.96. The van der Waals surface area contributed by atoms with Gasteiger partial charge in [-0.3, -0.25) is 4.98 Å². The summed E-state index contributed by atoms with van der Waals surface area (Å²) in [7, 11) is 0. The van der Waals surface area contributed by atoms with E-state index in [2.05, 4.69) is 22.1 Å². The molecule has 0 bridgehead atoms. The highest BCUT2D eigenvalue weighted by Gasteiger charge is 2.27. The first-order valence-electron chi connectivity index (χ1n) is 6.24. The lowest BCUT2D eigenvalue weighted by Gasteiger charge is -2.24. The molecule has 1 aromatic rings. The summed E-state index contributed by atoms with van der Waals surface area (Å²) in [6, 6.07) is 1.71. The molecular weight excluding hydrogens is 247 g/mol. The molecule has 3 rings (SSSR count). The number of carbonyl (C=O) groups excluding carboxylic acids is 1. The Labute approximate surface area is 110 Å². The second-order valence-corrected chi connectivity index (χ2v) is 4.84. The van der Waals surface area contributed by atoms with Gasteiger partial charge in [-0.05, 0) is 24.5 Å². The number of hydrogen-bond acceptors (Lipinski definition) is 3. The van der Waals surface area contributed by atoms with Crippen molar-refractivity contribution in [3.8, 4) is 11.8 Å². The minimum absolute atomic E-state index is 0.160. The van der Waals surface area contributed by atoms with Gasteiger partial charge in [0.15, 0.2) is 0 Å². The molecule has 19 heavy (non-hydrogen) atoms. The van der Waals surface area contributed by atoms with E-state index < -0.39 is 12.3 Å². The fraction of sp³-hybridized carbons (Fsp3) is 0.429. The molecule has 2 aliphatic rings. The number of hydrogen-bond donors (Lipinski definition) is 1. The molecule has 1 aliphatic carbocycles. The Morgan fingerprint density at radius 2 is 2.26 bits per heavy atom. The van der Waals surface area contributed by atoms with Crippen molar-refractivity contribution < 1.29 is 13.9 Å². The number of cyclic esters (lactones) is 1. The normalized spacial score (nSPS) is 28.7. The molecule has 1 saturated heterocycles. The van der Waals surface area contributed by atoms with E-state index in [0.29, 0.717) is 19.4 Å². The molecule has 1 unspecified atom stereocenters. The van der Waals surface area contributed by atoms with Crippen molar-refractivity contribution in [2.75, 3.05) is 6.61 Å². The number of ether oxygens (including phenoxy) is 1. The van der Waals surface area contributed by atoms with Gasteiger partial charge in [0.05, 0.1) is 6.04 Å². The maximum Gasteiger partial charge on any atom is 0.407 e. The second-order valence-electron chi connectivity index (χ2n) is 4.84. The third-order valence-corrected chi connectivity index (χ3v) is 3.34. The van der Waals surface area contributed by atoms with E-state index in [9.17, 15) is 9.18 Å². The van der Waals surface area contributed by atoms with E-state index in [0.717, 1.165) is 11.1 Å². The zero-order valence-corrected chi connectivity index (χ0v) is 10.2. The van der Waals surface area contributed by atoms with Crippen LogP contribution >= 0.6 is 0 Å². The van der Waals surface area contributed by atoms with E-state index in [4.69, 9.17) is 4.74 Å². The largest absolute Gasteiger partial charge is 0.447 e. The van der Waals surface area contributed by atoms with Crippen molar-refractivity contribution in [1.29, 1.82) is 0 Å². The van der Waals surface area contributed by atoms with Crippen molar-refractivity contribution in [2.45, 2.75) is 25.1 Å². The molecule has 1 aromatic heterocycles. The van der Waals surface area contributed by atoms with E-state index in [1.807, 2.05) is 6.07 Å². The molecule has 98 valence electrons. The van der Waals surface area contributed by atoms with E-state index in [1.165, 1.54) is 0 Å². The smallest absolute Gasteiger partial charge is 0.407 e. The van der Waals surface area contributed by atoms with Crippen LogP contribution in [0.3, 0.4) is 0 Å². The quantitative estimate of drug-likeness (QED) is 0.785. The first kappa shape index (κ1) is 12.0. The van der Waals surface area contributed by atoms with Gasteiger partial charge in [-0.25, -0.2) is 9.18 Å². The number of aromatic nitrogens is 1. The number of alkyl carbamates (subject to hydrolysis) is 1. The van der Waals surface area contributed by atoms with Gasteiger partial charge in [0.2, 0.25) is 0 Å². The third-order valence-electron chi connectivity index (χ3n) is 3.34. The van der Waals surface area contributed by atoms with Gasteiger partial charge in [0.25, 0.3) is 0 Å². The van der Waals surface area contributed by atoms with Crippen molar-refractivity contribution in [1.82, 2.24) is 10.3 Å². The summed E-state index contributed by atoms with van der Waals surface area (Å²) in [5.41, 5.74) is 1.65. The van der Waals surface area contributed by atoms with Crippen LogP contribution in [0, 0.1) is 17.8 Å². The Hall–Kier alpha value is -2.09. The first-order chi connectivity index (χ1) is 9.20. The average molecular weight is 260 g/mol. The highest BCUT2D eigenvalue weighted by molar-refractivity contribution is 5.70. The van der Waals surface area contributed by atoms with Crippen LogP contribution in [-0.4, -0.2) is 23.9 Å². The maximum absolute atomic E-state index is 12.7. The fourth-order valence-corrected chi connectivity index (χ4v) is 2.13. The standard InChI is InChI=1S/C14H13FN2O2/c15-12-4-9(5-12)1-2-10-3-11(7-16-6-10)13-8-19-14(18)17-13/h3,6-7,9,12-13H,4-5,8H2,(H,17,18). The van der Waals surface area contributed by atoms with Crippen LogP contribution < -0.4 is 5.32 Å². The number of nitrogens with zero attached hydrogens (tertiary/aromatic N) is 1. The van der Waals surface area contributed by atoms with Crippen LogP contribution in [0.1, 0.15) is 30.0 Å². The molecule has 1 N–H and O–H groups in total. The number of halogens is 1. The summed E-state index contributed by atoms with van der Waals surface area (Å²) in [5, 5.41) is 2.69. The number of carbonyl (C=O) groups is 1. The lowest BCUT2D eigenvalue weighted by atomic mass is 9.84. The molecule has 2 fully saturated rings. The number of alkyl halides is 1. The molecule has 4 nitrogen and oxygen atoms in total. The molecule has 0 aromatic carbocycles. The molecular formula is C14H13FN2O2. The van der Waals surface area contributed by atoms with Crippen LogP contribution in [0.25, 0.3) is 0 Å². The molecule has 0 spiro atoms. The first-order valence-corrected chi connectivity index (χ1v) is 6.24. The second kappa shape index (κ2) is 4.88. The minimum atomic E-state index is -0.686. The Morgan fingerprint density at radius 1 is 1.42 bits per heavy atom. The Bertz CT molecular complexity index is 558. The van der Waals surface area contributed by atoms with Gasteiger partial charge >= 0.3 is 6.09 Å². The summed E-state index contributed by atoms with van der Waals surface area (Å²) in [6.07, 6.45) is 3.32. The molecule has 1 amide bonds. The number of pyridine rings is 1. The average Bonchev–Trinajstić information content (AvgIpc) is 2.80. The number of amides is 1. The Kier molecular flexibility index (Phi) is 3.08. The molecule has 1 atom stereocenters. The van der Waals surface area contributed by atoms with Crippen LogP contribution in [0.2, 0.25) is 0 Å². The summed E-state index contributed by atoms with van der Waals surface area (Å²) in [4.78, 5) is 15.1. The lowest BCUT2D eigenvalue weighted by Crippen LogP contribution is -2.23. The van der Waals surface area contributed by atoms with Gasteiger partial charge in [0, 0.05) is 23.9 Å². The van der Waals surface area contributed by atoms with Crippen molar-refractivity contribution in [3.63, 3.8) is 0 Å². The van der Waals surface area contributed by atoms with E-state index in [1.54, 1.807) is 12.4 Å². The van der Waals surface area contributed by atoms with Gasteiger partial charge in [-0.1, -0.05) is 11.8 Å². The van der Waals surface area contributed by atoms with Gasteiger partial charge in [-0.15, -0.1) is 0 Å². The number of rotatable bonds is 1. The zero-order valence-electron chi connectivity index (χ0n) is 10.2. The Balaban J connectivity index is 1.71. The highest BCUT2D eigenvalue weighted by atomic mass is 19.1. The van der Waals surface area contributed by atoms with E-state index >= 15 is 0 Å². The van der Waals surface area contributed by atoms with Crippen molar-refractivity contribution >= 4 is 6.09 Å². The molecule has 2 heterocycles. The predicted molar refractivity (Wildman–Crippen MR) is 66.0 cm³/mol. The van der Waals surface area contributed by atoms with Crippen LogP contribution in [0.5, 0.6) is 0 Å². The molecule has 0 radical (unpaired) electrons. The lowest BCUT2D eigenvalue weighted by molar-refractivity contribution is 0.168. The van der Waals surface area contributed by atoms with Crippen LogP contribution in [-0.2, 0) is 4.74 Å². The number of nitrogens with one attached hydrogen (secondary N) is 1. The van der Waals surface area contributed by atoms with Crippen LogP contribution in [0.15, 0.2) is 18.5 Å². The highest BCUT2D eigenvalue weighted by Crippen LogP contribution is 2.29. The summed E-state index contributed by atoms with van der Waals surface area (Å²) >= 11 is 0. The monoisotopic (exact) mass is 260 g/mol. The molecule has 1 aliphatic heterocycles. The van der Waals surface area contributed by atoms with Crippen molar-refractivity contribution in [3.05, 3.63) is 29.6 Å². The minimum Gasteiger partial charge on any atom is -0.447 e. The summed E-state index contributed by atoms with van der Waals surface area (Å²) in [6.45, 7) is 0.309. The van der Waals surface area contributed by atoms with E-state index in [-0.39, 0.29) is 12.0 Å². The third kappa shape index (κ3) is 2.68. The van der Waals surface area contributed by atoms with Crippen molar-refractivity contribution in [2.24, 2.45) is 5.92 Å².